The van der Waals surface area contributed by atoms with Crippen molar-refractivity contribution in [1.82, 2.24) is 0 Å². The second-order valence-corrected chi connectivity index (χ2v) is 5.97. The van der Waals surface area contributed by atoms with Crippen molar-refractivity contribution < 1.29 is 9.84 Å². The van der Waals surface area contributed by atoms with E-state index in [1.807, 2.05) is 6.92 Å². The fourth-order valence-corrected chi connectivity index (χ4v) is 3.50. The topological polar surface area (TPSA) is 29.5 Å². The maximum absolute atomic E-state index is 9.78. The molecule has 1 heterocycles. The summed E-state index contributed by atoms with van der Waals surface area (Å²) in [5.74, 6) is 1.47. The maximum Gasteiger partial charge on any atom is 0.110 e. The molecule has 0 radical (unpaired) electrons. The molecule has 15 heavy (non-hydrogen) atoms. The lowest BCUT2D eigenvalue weighted by Gasteiger charge is -2.52. The molecule has 2 nitrogen and oxygen atoms in total. The van der Waals surface area contributed by atoms with Gasteiger partial charge in [-0.1, -0.05) is 13.8 Å². The molecule has 2 aliphatic rings. The lowest BCUT2D eigenvalue weighted by Crippen LogP contribution is -2.52. The van der Waals surface area contributed by atoms with Crippen molar-refractivity contribution in [2.24, 2.45) is 11.3 Å². The van der Waals surface area contributed by atoms with Crippen molar-refractivity contribution >= 4 is 0 Å². The summed E-state index contributed by atoms with van der Waals surface area (Å²) in [6.07, 6.45) is 4.77. The number of fused-ring (bicyclic) bond motifs is 1. The van der Waals surface area contributed by atoms with Gasteiger partial charge in [-0.25, -0.2) is 0 Å². The van der Waals surface area contributed by atoms with E-state index in [1.165, 1.54) is 0 Å². The van der Waals surface area contributed by atoms with Crippen LogP contribution in [0.4, 0.5) is 0 Å². The highest BCUT2D eigenvalue weighted by atomic mass is 16.5. The largest absolute Gasteiger partial charge is 0.492 e. The standard InChI is InChI=1S/C13H22O2/c1-9-8-12(2,3)11-7-10(14)5-6-13(11,4)15-9/h8,10-11,14H,5-7H2,1-4H3/t10-,11?,13-/m0/s1. The third kappa shape index (κ3) is 1.80. The van der Waals surface area contributed by atoms with E-state index in [1.54, 1.807) is 0 Å². The first kappa shape index (κ1) is 11.0. The zero-order valence-corrected chi connectivity index (χ0v) is 10.2. The van der Waals surface area contributed by atoms with Gasteiger partial charge >= 0.3 is 0 Å². The monoisotopic (exact) mass is 210 g/mol. The summed E-state index contributed by atoms with van der Waals surface area (Å²) in [5, 5.41) is 9.78. The fraction of sp³-hybridized carbons (Fsp3) is 0.846. The Kier molecular flexibility index (Phi) is 2.38. The molecule has 1 aliphatic carbocycles. The van der Waals surface area contributed by atoms with Crippen molar-refractivity contribution in [2.75, 3.05) is 0 Å². The van der Waals surface area contributed by atoms with Crippen LogP contribution in [0.1, 0.15) is 47.0 Å². The van der Waals surface area contributed by atoms with Crippen LogP contribution in [0, 0.1) is 11.3 Å². The van der Waals surface area contributed by atoms with E-state index in [9.17, 15) is 5.11 Å². The summed E-state index contributed by atoms with van der Waals surface area (Å²) in [6, 6.07) is 0. The average molecular weight is 210 g/mol. The molecular weight excluding hydrogens is 188 g/mol. The molecule has 86 valence electrons. The summed E-state index contributed by atoms with van der Waals surface area (Å²) in [7, 11) is 0. The number of rotatable bonds is 0. The summed E-state index contributed by atoms with van der Waals surface area (Å²) >= 11 is 0. The van der Waals surface area contributed by atoms with Crippen molar-refractivity contribution in [3.63, 3.8) is 0 Å². The van der Waals surface area contributed by atoms with E-state index in [-0.39, 0.29) is 17.1 Å². The van der Waals surface area contributed by atoms with Crippen LogP contribution in [0.5, 0.6) is 0 Å². The summed E-state index contributed by atoms with van der Waals surface area (Å²) in [4.78, 5) is 0. The molecule has 3 atom stereocenters. The molecule has 0 saturated heterocycles. The quantitative estimate of drug-likeness (QED) is 0.666. The molecule has 1 saturated carbocycles. The molecule has 1 unspecified atom stereocenters. The van der Waals surface area contributed by atoms with Crippen LogP contribution in [-0.2, 0) is 4.74 Å². The summed E-state index contributed by atoms with van der Waals surface area (Å²) in [5.41, 5.74) is 0.0695. The van der Waals surface area contributed by atoms with E-state index in [0.29, 0.717) is 5.92 Å². The third-order valence-electron chi connectivity index (χ3n) is 4.09. The smallest absolute Gasteiger partial charge is 0.110 e. The zero-order valence-electron chi connectivity index (χ0n) is 10.2. The Labute approximate surface area is 92.3 Å². The Bertz CT molecular complexity index is 293. The van der Waals surface area contributed by atoms with Crippen LogP contribution in [-0.4, -0.2) is 16.8 Å². The molecule has 1 aliphatic heterocycles. The van der Waals surface area contributed by atoms with E-state index >= 15 is 0 Å². The third-order valence-corrected chi connectivity index (χ3v) is 4.09. The second kappa shape index (κ2) is 3.24. The number of aliphatic hydroxyl groups excluding tert-OH is 1. The Balaban J connectivity index is 2.34. The SMILES string of the molecule is CC1=CC(C)(C)C2C[C@@H](O)CC[C@]2(C)O1. The number of hydrogen-bond donors (Lipinski definition) is 1. The van der Waals surface area contributed by atoms with Crippen LogP contribution in [0.3, 0.4) is 0 Å². The molecule has 2 heteroatoms. The van der Waals surface area contributed by atoms with Gasteiger partial charge < -0.3 is 9.84 Å². The first-order chi connectivity index (χ1) is 6.83. The Morgan fingerprint density at radius 3 is 2.73 bits per heavy atom. The Morgan fingerprint density at radius 2 is 2.07 bits per heavy atom. The lowest BCUT2D eigenvalue weighted by atomic mass is 9.61. The first-order valence-electron chi connectivity index (χ1n) is 5.90. The van der Waals surface area contributed by atoms with E-state index in [2.05, 4.69) is 26.8 Å². The molecule has 0 aromatic carbocycles. The second-order valence-electron chi connectivity index (χ2n) is 5.97. The summed E-state index contributed by atoms with van der Waals surface area (Å²) < 4.78 is 6.01. The van der Waals surface area contributed by atoms with Crippen molar-refractivity contribution in [3.05, 3.63) is 11.8 Å². The molecule has 0 aromatic heterocycles. The van der Waals surface area contributed by atoms with E-state index in [0.717, 1.165) is 25.0 Å². The van der Waals surface area contributed by atoms with Gasteiger partial charge in [0.15, 0.2) is 0 Å². The van der Waals surface area contributed by atoms with Gasteiger partial charge in [0.1, 0.15) is 5.60 Å². The number of aliphatic hydroxyl groups is 1. The Morgan fingerprint density at radius 1 is 1.40 bits per heavy atom. The van der Waals surface area contributed by atoms with Crippen molar-refractivity contribution in [1.29, 1.82) is 0 Å². The molecule has 1 N–H and O–H groups in total. The summed E-state index contributed by atoms with van der Waals surface area (Å²) in [6.45, 7) is 8.73. The maximum atomic E-state index is 9.78. The molecular formula is C13H22O2. The molecule has 0 aromatic rings. The number of hydrogen-bond acceptors (Lipinski definition) is 2. The minimum atomic E-state index is -0.141. The van der Waals surface area contributed by atoms with Gasteiger partial charge in [-0.15, -0.1) is 0 Å². The van der Waals surface area contributed by atoms with Crippen molar-refractivity contribution in [3.8, 4) is 0 Å². The highest BCUT2D eigenvalue weighted by molar-refractivity contribution is 5.13. The van der Waals surface area contributed by atoms with Crippen molar-refractivity contribution in [2.45, 2.75) is 58.7 Å². The van der Waals surface area contributed by atoms with Gasteiger partial charge in [-0.3, -0.25) is 0 Å². The van der Waals surface area contributed by atoms with Gasteiger partial charge in [0, 0.05) is 5.92 Å². The van der Waals surface area contributed by atoms with Gasteiger partial charge in [-0.2, -0.15) is 0 Å². The number of ether oxygens (including phenoxy) is 1. The average Bonchev–Trinajstić information content (AvgIpc) is 2.06. The fourth-order valence-electron chi connectivity index (χ4n) is 3.50. The first-order valence-corrected chi connectivity index (χ1v) is 5.90. The van der Waals surface area contributed by atoms with Crippen LogP contribution in [0.15, 0.2) is 11.8 Å². The normalized spacial score (nSPS) is 43.9. The predicted octanol–water partition coefficient (Wildman–Crippen LogP) is 2.87. The minimum absolute atomic E-state index is 0.0679. The molecule has 0 amide bonds. The predicted molar refractivity (Wildman–Crippen MR) is 60.4 cm³/mol. The number of allylic oxidation sites excluding steroid dienone is 2. The van der Waals surface area contributed by atoms with Gasteiger partial charge in [0.25, 0.3) is 0 Å². The molecule has 0 bridgehead atoms. The minimum Gasteiger partial charge on any atom is -0.492 e. The zero-order chi connectivity index (χ0) is 11.3. The molecule has 0 spiro atoms. The van der Waals surface area contributed by atoms with E-state index in [4.69, 9.17) is 4.74 Å². The Hall–Kier alpha value is -0.500. The van der Waals surface area contributed by atoms with Crippen LogP contribution >= 0.6 is 0 Å². The van der Waals surface area contributed by atoms with Gasteiger partial charge in [0.2, 0.25) is 0 Å². The van der Waals surface area contributed by atoms with Gasteiger partial charge in [0.05, 0.1) is 11.9 Å². The van der Waals surface area contributed by atoms with Gasteiger partial charge in [-0.05, 0) is 44.6 Å². The lowest BCUT2D eigenvalue weighted by molar-refractivity contribution is -0.130. The van der Waals surface area contributed by atoms with Crippen LogP contribution < -0.4 is 0 Å². The highest BCUT2D eigenvalue weighted by Gasteiger charge is 2.50. The molecule has 2 rings (SSSR count). The van der Waals surface area contributed by atoms with E-state index < -0.39 is 0 Å². The van der Waals surface area contributed by atoms with Crippen LogP contribution in [0.2, 0.25) is 0 Å². The highest BCUT2D eigenvalue weighted by Crippen LogP contribution is 2.51. The van der Waals surface area contributed by atoms with Crippen LogP contribution in [0.25, 0.3) is 0 Å². The molecule has 1 fully saturated rings.